The van der Waals surface area contributed by atoms with Crippen molar-refractivity contribution in [1.29, 1.82) is 0 Å². The van der Waals surface area contributed by atoms with Crippen LogP contribution in [0.15, 0.2) is 42.5 Å². The summed E-state index contributed by atoms with van der Waals surface area (Å²) in [6.07, 6.45) is 12.1. The van der Waals surface area contributed by atoms with Gasteiger partial charge in [-0.15, -0.1) is 0 Å². The summed E-state index contributed by atoms with van der Waals surface area (Å²) in [4.78, 5) is 29.1. The number of amides is 1. The molecule has 0 radical (unpaired) electrons. The highest BCUT2D eigenvalue weighted by Crippen LogP contribution is 2.29. The maximum Gasteiger partial charge on any atom is 0.326 e. The van der Waals surface area contributed by atoms with Crippen molar-refractivity contribution in [2.24, 2.45) is 5.92 Å². The van der Waals surface area contributed by atoms with Gasteiger partial charge in [-0.1, -0.05) is 63.4 Å². The van der Waals surface area contributed by atoms with E-state index in [1.54, 1.807) is 11.8 Å². The minimum Gasteiger partial charge on any atom is -0.480 e. The number of carboxylic acid groups (broad SMARTS) is 1. The van der Waals surface area contributed by atoms with Crippen LogP contribution in [-0.2, 0) is 21.2 Å². The molecule has 2 N–H and O–H groups in total. The normalized spacial score (nSPS) is 15.7. The van der Waals surface area contributed by atoms with Gasteiger partial charge in [0.25, 0.3) is 5.91 Å². The number of aryl methyl sites for hydroxylation is 1. The number of aliphatic carboxylic acids is 1. The molecule has 1 unspecified atom stereocenters. The maximum atomic E-state index is 13.1. The van der Waals surface area contributed by atoms with E-state index in [0.717, 1.165) is 49.2 Å². The van der Waals surface area contributed by atoms with E-state index in [9.17, 15) is 23.1 Å². The van der Waals surface area contributed by atoms with Gasteiger partial charge in [-0.25, -0.2) is 13.2 Å². The summed E-state index contributed by atoms with van der Waals surface area (Å²) in [7, 11) is 3.28. The molecule has 47 heavy (non-hydrogen) atoms. The molecule has 1 aliphatic heterocycles. The Bertz CT molecular complexity index is 1300. The predicted molar refractivity (Wildman–Crippen MR) is 200 cm³/mol. The first-order valence-electron chi connectivity index (χ1n) is 17.0. The van der Waals surface area contributed by atoms with E-state index >= 15 is 0 Å². The number of hydrogen-bond donors (Lipinski definition) is 2. The van der Waals surface area contributed by atoms with E-state index in [1.807, 2.05) is 89.5 Å². The molecule has 1 heterocycles. The summed E-state index contributed by atoms with van der Waals surface area (Å²) in [6, 6.07) is 13.0. The van der Waals surface area contributed by atoms with Gasteiger partial charge < -0.3 is 15.3 Å². The number of nitrogens with one attached hydrogen (secondary N) is 1. The zero-order chi connectivity index (χ0) is 35.4. The third kappa shape index (κ3) is 17.5. The molecular formula is C37H61N3O5S2. The first-order chi connectivity index (χ1) is 22.3. The number of sulfone groups is 1. The lowest BCUT2D eigenvalue weighted by atomic mass is 9.91. The Morgan fingerprint density at radius 1 is 0.979 bits per heavy atom. The number of carbonyl (C=O) groups excluding carboxylic acids is 1. The molecule has 0 spiro atoms. The highest BCUT2D eigenvalue weighted by molar-refractivity contribution is 7.98. The third-order valence-corrected chi connectivity index (χ3v) is 9.57. The summed E-state index contributed by atoms with van der Waals surface area (Å²) in [6.45, 7) is 9.12. The van der Waals surface area contributed by atoms with Gasteiger partial charge in [-0.3, -0.25) is 9.69 Å². The molecule has 1 amide bonds. The molecule has 4 rings (SSSR count). The van der Waals surface area contributed by atoms with Crippen LogP contribution in [0.5, 0.6) is 0 Å². The summed E-state index contributed by atoms with van der Waals surface area (Å²) in [5.74, 6) is 0.206. The van der Waals surface area contributed by atoms with Crippen LogP contribution >= 0.6 is 11.8 Å². The number of carbonyl (C=O) groups is 2. The average molecular weight is 692 g/mol. The summed E-state index contributed by atoms with van der Waals surface area (Å²) < 4.78 is 21.8. The standard InChI is InChI=1S/C24H30N2O3S.C8H16O2S.C3H9N.C2H6/c1-17-7-3-4-8-19(17)21-15-18(16-26-12-5-6-13-26)9-10-20(21)23(27)25-22(24(28)29)11-14-30-2;1-11(9,10)7-8-5-3-2-4-6-8;1-4(2)3;1-2/h3-4,7-10,15,22H,5-6,11-14,16H2,1-2H3,(H,25,27)(H,28,29);8H,2-7H2,1H3;1-3H3;1-2H3. The second kappa shape index (κ2) is 23.0. The van der Waals surface area contributed by atoms with E-state index < -0.39 is 21.8 Å². The van der Waals surface area contributed by atoms with Gasteiger partial charge in [0, 0.05) is 18.4 Å². The second-order valence-corrected chi connectivity index (χ2v) is 15.9. The maximum absolute atomic E-state index is 13.1. The predicted octanol–water partition coefficient (Wildman–Crippen LogP) is 7.01. The monoisotopic (exact) mass is 691 g/mol. The number of likely N-dealkylation sites (tertiary alicyclic amines) is 1. The van der Waals surface area contributed by atoms with Crippen LogP contribution in [0.3, 0.4) is 0 Å². The summed E-state index contributed by atoms with van der Waals surface area (Å²) in [5, 5.41) is 12.2. The first kappa shape index (κ1) is 42.6. The van der Waals surface area contributed by atoms with Crippen LogP contribution in [0.25, 0.3) is 11.1 Å². The molecule has 1 saturated heterocycles. The minimum absolute atomic E-state index is 0.338. The zero-order valence-electron chi connectivity index (χ0n) is 30.2. The van der Waals surface area contributed by atoms with Crippen LogP contribution < -0.4 is 5.32 Å². The van der Waals surface area contributed by atoms with Crippen molar-refractivity contribution in [2.75, 3.05) is 58.2 Å². The Labute approximate surface area is 290 Å². The Balaban J connectivity index is 0.000000536. The van der Waals surface area contributed by atoms with Gasteiger partial charge in [0.05, 0.1) is 5.75 Å². The topological polar surface area (TPSA) is 107 Å². The molecule has 0 bridgehead atoms. The van der Waals surface area contributed by atoms with E-state index in [4.69, 9.17) is 0 Å². The smallest absolute Gasteiger partial charge is 0.326 e. The molecule has 1 aliphatic carbocycles. The Hall–Kier alpha value is -2.40. The van der Waals surface area contributed by atoms with Crippen molar-refractivity contribution in [3.05, 3.63) is 59.2 Å². The molecule has 0 aromatic heterocycles. The number of rotatable bonds is 11. The molecule has 8 nitrogen and oxygen atoms in total. The van der Waals surface area contributed by atoms with Crippen LogP contribution in [0.4, 0.5) is 0 Å². The number of nitrogens with zero attached hydrogens (tertiary/aromatic N) is 2. The SMILES string of the molecule is CC.CN(C)C.CS(=O)(=O)CC1CCCCC1.CSCCC(NC(=O)c1ccc(CN2CCCC2)cc1-c1ccccc1C)C(=O)O. The number of hydrogen-bond acceptors (Lipinski definition) is 7. The second-order valence-electron chi connectivity index (χ2n) is 12.8. The third-order valence-electron chi connectivity index (χ3n) is 7.85. The first-order valence-corrected chi connectivity index (χ1v) is 20.5. The van der Waals surface area contributed by atoms with Crippen molar-refractivity contribution in [2.45, 2.75) is 84.7 Å². The fourth-order valence-electron chi connectivity index (χ4n) is 5.70. The van der Waals surface area contributed by atoms with E-state index in [2.05, 4.69) is 16.3 Å². The lowest BCUT2D eigenvalue weighted by Crippen LogP contribution is -2.41. The van der Waals surface area contributed by atoms with Crippen molar-refractivity contribution < 1.29 is 23.1 Å². The van der Waals surface area contributed by atoms with Crippen LogP contribution in [0.1, 0.15) is 86.7 Å². The highest BCUT2D eigenvalue weighted by atomic mass is 32.2. The van der Waals surface area contributed by atoms with Gasteiger partial charge >= 0.3 is 5.97 Å². The Morgan fingerprint density at radius 3 is 2.11 bits per heavy atom. The van der Waals surface area contributed by atoms with Crippen LogP contribution in [-0.4, -0.2) is 99.5 Å². The molecule has 2 aromatic carbocycles. The molecule has 1 atom stereocenters. The van der Waals surface area contributed by atoms with Crippen LogP contribution in [0, 0.1) is 12.8 Å². The molecule has 10 heteroatoms. The lowest BCUT2D eigenvalue weighted by molar-refractivity contribution is -0.139. The molecule has 2 aliphatic rings. The molecule has 2 aromatic rings. The van der Waals surface area contributed by atoms with Crippen molar-refractivity contribution >= 4 is 33.5 Å². The summed E-state index contributed by atoms with van der Waals surface area (Å²) >= 11 is 1.57. The Morgan fingerprint density at radius 2 is 1.57 bits per heavy atom. The minimum atomic E-state index is -2.72. The zero-order valence-corrected chi connectivity index (χ0v) is 31.8. The Kier molecular flexibility index (Phi) is 20.9. The van der Waals surface area contributed by atoms with Crippen molar-refractivity contribution in [3.8, 4) is 11.1 Å². The van der Waals surface area contributed by atoms with Gasteiger partial charge in [0.1, 0.15) is 15.9 Å². The quantitative estimate of drug-likeness (QED) is 0.259. The van der Waals surface area contributed by atoms with Crippen molar-refractivity contribution in [1.82, 2.24) is 15.1 Å². The molecule has 2 fully saturated rings. The van der Waals surface area contributed by atoms with Crippen molar-refractivity contribution in [3.63, 3.8) is 0 Å². The van der Waals surface area contributed by atoms with E-state index in [0.29, 0.717) is 29.4 Å². The number of carboxylic acids is 1. The fourth-order valence-corrected chi connectivity index (χ4v) is 7.36. The number of thioether (sulfide) groups is 1. The highest BCUT2D eigenvalue weighted by Gasteiger charge is 2.23. The van der Waals surface area contributed by atoms with Gasteiger partial charge in [0.15, 0.2) is 0 Å². The van der Waals surface area contributed by atoms with Gasteiger partial charge in [-0.05, 0) is 126 Å². The molecule has 266 valence electrons. The molecular weight excluding hydrogens is 631 g/mol. The largest absolute Gasteiger partial charge is 0.480 e. The van der Waals surface area contributed by atoms with E-state index in [-0.39, 0.29) is 5.91 Å². The number of benzene rings is 2. The fraction of sp³-hybridized carbons (Fsp3) is 0.622. The van der Waals surface area contributed by atoms with Gasteiger partial charge in [-0.2, -0.15) is 11.8 Å². The van der Waals surface area contributed by atoms with Gasteiger partial charge in [0.2, 0.25) is 0 Å². The van der Waals surface area contributed by atoms with E-state index in [1.165, 1.54) is 43.9 Å². The molecule has 1 saturated carbocycles. The average Bonchev–Trinajstić information content (AvgIpc) is 3.53. The summed E-state index contributed by atoms with van der Waals surface area (Å²) in [5.41, 5.74) is 4.63. The van der Waals surface area contributed by atoms with Crippen LogP contribution in [0.2, 0.25) is 0 Å². The lowest BCUT2D eigenvalue weighted by Gasteiger charge is -2.20.